The van der Waals surface area contributed by atoms with Crippen LogP contribution in [0.1, 0.15) is 35.0 Å². The van der Waals surface area contributed by atoms with Crippen molar-refractivity contribution >= 4 is 39.6 Å². The number of amides is 1. The van der Waals surface area contributed by atoms with Crippen LogP contribution < -0.4 is 14.5 Å². The molecule has 0 saturated carbocycles. The Morgan fingerprint density at radius 3 is 2.24 bits per heavy atom. The number of anilines is 1. The summed E-state index contributed by atoms with van der Waals surface area (Å²) in [7, 11) is -4.06. The number of thioether (sulfide) groups is 1. The van der Waals surface area contributed by atoms with Gasteiger partial charge in [-0.25, -0.2) is 13.8 Å². The third-order valence-electron chi connectivity index (χ3n) is 6.90. The normalized spacial score (nSPS) is 11.6. The van der Waals surface area contributed by atoms with E-state index in [1.54, 1.807) is 54.7 Å². The average molecular weight is 605 g/mol. The minimum absolute atomic E-state index is 0.0874. The van der Waals surface area contributed by atoms with Gasteiger partial charge in [-0.05, 0) is 107 Å². The minimum atomic E-state index is -4.06. The Bertz CT molecular complexity index is 1670. The number of sulfonamides is 1. The maximum Gasteiger partial charge on any atom is 0.264 e. The second-order valence-corrected chi connectivity index (χ2v) is 12.6. The van der Waals surface area contributed by atoms with Gasteiger partial charge in [0.25, 0.3) is 15.9 Å². The monoisotopic (exact) mass is 604 g/mol. The molecule has 0 atom stereocenters. The van der Waals surface area contributed by atoms with Crippen LogP contribution in [0.15, 0.2) is 87.7 Å². The number of para-hydroxylation sites is 1. The lowest BCUT2D eigenvalue weighted by Gasteiger charge is -2.24. The highest BCUT2D eigenvalue weighted by atomic mass is 32.2. The third-order valence-corrected chi connectivity index (χ3v) is 9.43. The zero-order chi connectivity index (χ0) is 30.4. The van der Waals surface area contributed by atoms with Gasteiger partial charge in [-0.2, -0.15) is 5.10 Å². The predicted octanol–water partition coefficient (Wildman–Crippen LogP) is 6.18. The molecule has 3 aromatic carbocycles. The van der Waals surface area contributed by atoms with Crippen LogP contribution >= 0.6 is 11.8 Å². The molecule has 220 valence electrons. The molecule has 1 heterocycles. The molecular weight excluding hydrogens is 569 g/mol. The second-order valence-electron chi connectivity index (χ2n) is 9.81. The van der Waals surface area contributed by atoms with E-state index in [1.165, 1.54) is 11.8 Å². The summed E-state index contributed by atoms with van der Waals surface area (Å²) in [6.45, 7) is 10.1. The van der Waals surface area contributed by atoms with Crippen molar-refractivity contribution in [3.05, 3.63) is 101 Å². The summed E-state index contributed by atoms with van der Waals surface area (Å²) in [6, 6.07) is 21.4. The highest BCUT2D eigenvalue weighted by molar-refractivity contribution is 7.98. The third kappa shape index (κ3) is 6.71. The van der Waals surface area contributed by atoms with Crippen LogP contribution in [-0.2, 0) is 14.8 Å². The number of hydrogen-bond donors (Lipinski definition) is 1. The Morgan fingerprint density at radius 1 is 1.00 bits per heavy atom. The van der Waals surface area contributed by atoms with E-state index < -0.39 is 22.5 Å². The molecule has 0 radical (unpaired) electrons. The predicted molar refractivity (Wildman–Crippen MR) is 171 cm³/mol. The molecule has 10 heteroatoms. The highest BCUT2D eigenvalue weighted by Gasteiger charge is 2.27. The fourth-order valence-corrected chi connectivity index (χ4v) is 6.65. The van der Waals surface area contributed by atoms with Gasteiger partial charge in [-0.3, -0.25) is 9.10 Å². The average Bonchev–Trinajstić information content (AvgIpc) is 3.24. The standard InChI is InChI=1S/C32H36N4O4S2/c1-7-40-28-13-11-27(12-14-28)35(42(38,39)30-17-15-29(41-6)16-18-30)21-31(37)34-33-20-26-19-24(4)36(25(26)5)32-22(2)9-8-10-23(32)3/h8-20H,7,21H2,1-6H3,(H,34,37)/b33-20+. The summed E-state index contributed by atoms with van der Waals surface area (Å²) >= 11 is 1.52. The Balaban J connectivity index is 1.58. The molecule has 1 amide bonds. The number of aromatic nitrogens is 1. The van der Waals surface area contributed by atoms with E-state index in [4.69, 9.17) is 4.74 Å². The van der Waals surface area contributed by atoms with E-state index in [-0.39, 0.29) is 4.90 Å². The summed E-state index contributed by atoms with van der Waals surface area (Å²) in [5, 5.41) is 4.18. The number of nitrogens with one attached hydrogen (secondary N) is 1. The molecule has 0 aliphatic rings. The second kappa shape index (κ2) is 13.3. The molecule has 8 nitrogen and oxygen atoms in total. The van der Waals surface area contributed by atoms with Gasteiger partial charge < -0.3 is 9.30 Å². The summed E-state index contributed by atoms with van der Waals surface area (Å²) < 4.78 is 36.2. The lowest BCUT2D eigenvalue weighted by molar-refractivity contribution is -0.119. The number of hydrogen-bond acceptors (Lipinski definition) is 6. The van der Waals surface area contributed by atoms with Crippen molar-refractivity contribution in [1.29, 1.82) is 0 Å². The van der Waals surface area contributed by atoms with E-state index in [2.05, 4.69) is 41.1 Å². The zero-order valence-electron chi connectivity index (χ0n) is 24.7. The summed E-state index contributed by atoms with van der Waals surface area (Å²) in [5.41, 5.74) is 9.16. The summed E-state index contributed by atoms with van der Waals surface area (Å²) in [6.07, 6.45) is 3.50. The van der Waals surface area contributed by atoms with Crippen LogP contribution in [0.2, 0.25) is 0 Å². The van der Waals surface area contributed by atoms with E-state index in [9.17, 15) is 13.2 Å². The van der Waals surface area contributed by atoms with Crippen molar-refractivity contribution in [2.75, 3.05) is 23.7 Å². The first-order valence-electron chi connectivity index (χ1n) is 13.5. The van der Waals surface area contributed by atoms with Gasteiger partial charge in [0.05, 0.1) is 29.1 Å². The number of ether oxygens (including phenoxy) is 1. The Labute approximate surface area is 252 Å². The summed E-state index contributed by atoms with van der Waals surface area (Å²) in [4.78, 5) is 14.1. The maximum absolute atomic E-state index is 13.7. The lowest BCUT2D eigenvalue weighted by atomic mass is 10.1. The number of benzene rings is 3. The smallest absolute Gasteiger partial charge is 0.264 e. The van der Waals surface area contributed by atoms with E-state index in [0.717, 1.165) is 43.0 Å². The van der Waals surface area contributed by atoms with Gasteiger partial charge in [-0.1, -0.05) is 18.2 Å². The molecule has 1 N–H and O–H groups in total. The molecule has 4 rings (SSSR count). The molecule has 0 fully saturated rings. The number of carbonyl (C=O) groups is 1. The molecule has 0 spiro atoms. The van der Waals surface area contributed by atoms with Crippen molar-refractivity contribution in [1.82, 2.24) is 9.99 Å². The topological polar surface area (TPSA) is 93.0 Å². The van der Waals surface area contributed by atoms with E-state index in [0.29, 0.717) is 18.0 Å². The van der Waals surface area contributed by atoms with Crippen LogP contribution in [0.25, 0.3) is 5.69 Å². The van der Waals surface area contributed by atoms with Gasteiger partial charge in [0, 0.05) is 21.8 Å². The van der Waals surface area contributed by atoms with Crippen molar-refractivity contribution in [3.8, 4) is 11.4 Å². The fraction of sp³-hybridized carbons (Fsp3) is 0.250. The Morgan fingerprint density at radius 2 is 1.64 bits per heavy atom. The van der Waals surface area contributed by atoms with E-state index >= 15 is 0 Å². The molecule has 0 saturated heterocycles. The first-order chi connectivity index (χ1) is 20.1. The van der Waals surface area contributed by atoms with Crippen molar-refractivity contribution in [2.24, 2.45) is 5.10 Å². The molecule has 4 aromatic rings. The molecule has 42 heavy (non-hydrogen) atoms. The van der Waals surface area contributed by atoms with Crippen LogP contribution in [0.5, 0.6) is 5.75 Å². The quantitative estimate of drug-likeness (QED) is 0.125. The van der Waals surface area contributed by atoms with Crippen molar-refractivity contribution in [2.45, 2.75) is 44.4 Å². The van der Waals surface area contributed by atoms with Crippen LogP contribution in [0, 0.1) is 27.7 Å². The van der Waals surface area contributed by atoms with Gasteiger partial charge in [0.2, 0.25) is 0 Å². The first-order valence-corrected chi connectivity index (χ1v) is 16.2. The largest absolute Gasteiger partial charge is 0.494 e. The van der Waals surface area contributed by atoms with E-state index in [1.807, 2.05) is 39.2 Å². The number of carbonyl (C=O) groups excluding carboxylic acids is 1. The van der Waals surface area contributed by atoms with Crippen molar-refractivity contribution in [3.63, 3.8) is 0 Å². The summed E-state index contributed by atoms with van der Waals surface area (Å²) in [5.74, 6) is 0.0310. The van der Waals surface area contributed by atoms with Crippen LogP contribution in [0.3, 0.4) is 0 Å². The molecular formula is C32H36N4O4S2. The van der Waals surface area contributed by atoms with Gasteiger partial charge in [-0.15, -0.1) is 11.8 Å². The molecule has 0 bridgehead atoms. The fourth-order valence-electron chi connectivity index (χ4n) is 4.83. The zero-order valence-corrected chi connectivity index (χ0v) is 26.3. The van der Waals surface area contributed by atoms with Gasteiger partial charge in [0.1, 0.15) is 12.3 Å². The van der Waals surface area contributed by atoms with Crippen LogP contribution in [-0.4, -0.2) is 44.5 Å². The molecule has 0 aliphatic carbocycles. The maximum atomic E-state index is 13.7. The molecule has 0 aliphatic heterocycles. The number of hydrazone groups is 1. The number of nitrogens with zero attached hydrogens (tertiary/aromatic N) is 3. The number of rotatable bonds is 11. The SMILES string of the molecule is CCOc1ccc(N(CC(=O)N/N=C/c2cc(C)n(-c3c(C)cccc3C)c2C)S(=O)(=O)c2ccc(SC)cc2)cc1. The highest BCUT2D eigenvalue weighted by Crippen LogP contribution is 2.28. The Kier molecular flexibility index (Phi) is 9.80. The molecule has 1 aromatic heterocycles. The van der Waals surface area contributed by atoms with Crippen LogP contribution in [0.4, 0.5) is 5.69 Å². The van der Waals surface area contributed by atoms with Gasteiger partial charge in [0.15, 0.2) is 0 Å². The lowest BCUT2D eigenvalue weighted by Crippen LogP contribution is -2.39. The van der Waals surface area contributed by atoms with Crippen molar-refractivity contribution < 1.29 is 17.9 Å². The molecule has 0 unspecified atom stereocenters. The number of aryl methyl sites for hydroxylation is 3. The first kappa shape index (κ1) is 30.9. The van der Waals surface area contributed by atoms with Gasteiger partial charge >= 0.3 is 0 Å². The Hall–Kier alpha value is -4.02. The minimum Gasteiger partial charge on any atom is -0.494 e.